The van der Waals surface area contributed by atoms with Gasteiger partial charge in [0.05, 0.1) is 23.9 Å². The minimum Gasteiger partial charge on any atom is -0.511 e. The molecule has 4 nitrogen and oxygen atoms in total. The van der Waals surface area contributed by atoms with Crippen molar-refractivity contribution in [1.82, 2.24) is 0 Å². The van der Waals surface area contributed by atoms with Crippen molar-refractivity contribution in [2.24, 2.45) is 10.4 Å². The highest BCUT2D eigenvalue weighted by Crippen LogP contribution is 2.37. The van der Waals surface area contributed by atoms with E-state index in [1.54, 1.807) is 0 Å². The third kappa shape index (κ3) is 4.33. The summed E-state index contributed by atoms with van der Waals surface area (Å²) in [6.45, 7) is 5.85. The first-order chi connectivity index (χ1) is 13.3. The van der Waals surface area contributed by atoms with Crippen LogP contribution in [0.2, 0.25) is 0 Å². The van der Waals surface area contributed by atoms with Crippen LogP contribution in [0.5, 0.6) is 0 Å². The molecular formula is C24H29NO3. The van der Waals surface area contributed by atoms with E-state index < -0.39 is 0 Å². The number of aliphatic hydroxyl groups is 2. The molecule has 1 atom stereocenters. The van der Waals surface area contributed by atoms with Crippen molar-refractivity contribution in [1.29, 1.82) is 0 Å². The largest absolute Gasteiger partial charge is 0.511 e. The van der Waals surface area contributed by atoms with Crippen LogP contribution in [0.15, 0.2) is 58.8 Å². The normalized spacial score (nSPS) is 18.6. The molecular weight excluding hydrogens is 350 g/mol. The molecule has 0 saturated carbocycles. The zero-order chi connectivity index (χ0) is 20.3. The summed E-state index contributed by atoms with van der Waals surface area (Å²) >= 11 is 0. The summed E-state index contributed by atoms with van der Waals surface area (Å²) in [4.78, 5) is 17.6. The molecule has 1 aliphatic carbocycles. The minimum atomic E-state index is -0.284. The smallest absolute Gasteiger partial charge is 0.168 e. The molecule has 0 spiro atoms. The van der Waals surface area contributed by atoms with Crippen LogP contribution in [0.4, 0.5) is 0 Å². The number of aliphatic hydroxyl groups excluding tert-OH is 2. The van der Waals surface area contributed by atoms with Gasteiger partial charge in [0, 0.05) is 19.3 Å². The molecule has 0 heterocycles. The van der Waals surface area contributed by atoms with E-state index in [9.17, 15) is 15.0 Å². The molecule has 0 amide bonds. The topological polar surface area (TPSA) is 69.9 Å². The van der Waals surface area contributed by atoms with Gasteiger partial charge in [-0.25, -0.2) is 0 Å². The van der Waals surface area contributed by atoms with E-state index in [4.69, 9.17) is 4.99 Å². The fraction of sp³-hybridized carbons (Fsp3) is 0.417. The second-order valence-electron chi connectivity index (χ2n) is 8.40. The SMILES string of the molecule is CC[C@@H](CO)N=C(Cc1cccc2ccccc12)C1=C(O)CC(C)(C)CC1=O. The van der Waals surface area contributed by atoms with Gasteiger partial charge in [0.2, 0.25) is 0 Å². The lowest BCUT2D eigenvalue weighted by molar-refractivity contribution is -0.117. The Balaban J connectivity index is 2.09. The van der Waals surface area contributed by atoms with E-state index in [2.05, 4.69) is 18.2 Å². The summed E-state index contributed by atoms with van der Waals surface area (Å²) in [5.41, 5.74) is 1.73. The highest BCUT2D eigenvalue weighted by atomic mass is 16.3. The van der Waals surface area contributed by atoms with Crippen LogP contribution >= 0.6 is 0 Å². The number of benzene rings is 2. The van der Waals surface area contributed by atoms with Gasteiger partial charge in [0.25, 0.3) is 0 Å². The van der Waals surface area contributed by atoms with Crippen molar-refractivity contribution in [3.63, 3.8) is 0 Å². The molecule has 2 aromatic rings. The molecule has 0 aliphatic heterocycles. The van der Waals surface area contributed by atoms with Gasteiger partial charge in [0.15, 0.2) is 5.78 Å². The van der Waals surface area contributed by atoms with Gasteiger partial charge in [-0.15, -0.1) is 0 Å². The van der Waals surface area contributed by atoms with Gasteiger partial charge >= 0.3 is 0 Å². The van der Waals surface area contributed by atoms with Crippen LogP contribution in [0.3, 0.4) is 0 Å². The monoisotopic (exact) mass is 379 g/mol. The third-order valence-corrected chi connectivity index (χ3v) is 5.40. The highest BCUT2D eigenvalue weighted by Gasteiger charge is 2.35. The Morgan fingerprint density at radius 3 is 2.54 bits per heavy atom. The van der Waals surface area contributed by atoms with Gasteiger partial charge in [-0.05, 0) is 28.2 Å². The maximum absolute atomic E-state index is 12.9. The Morgan fingerprint density at radius 2 is 1.86 bits per heavy atom. The van der Waals surface area contributed by atoms with Crippen molar-refractivity contribution >= 4 is 22.3 Å². The second kappa shape index (κ2) is 8.27. The quantitative estimate of drug-likeness (QED) is 0.709. The number of nitrogens with zero attached hydrogens (tertiary/aromatic N) is 1. The van der Waals surface area contributed by atoms with Crippen LogP contribution in [-0.4, -0.2) is 34.4 Å². The van der Waals surface area contributed by atoms with E-state index >= 15 is 0 Å². The maximum atomic E-state index is 12.9. The molecule has 0 bridgehead atoms. The summed E-state index contributed by atoms with van der Waals surface area (Å²) in [5.74, 6) is 0.0496. The number of carbonyl (C=O) groups excluding carboxylic acids is 1. The second-order valence-corrected chi connectivity index (χ2v) is 8.40. The van der Waals surface area contributed by atoms with Crippen LogP contribution in [-0.2, 0) is 11.2 Å². The number of hydrogen-bond donors (Lipinski definition) is 2. The first kappa shape index (κ1) is 20.3. The zero-order valence-corrected chi connectivity index (χ0v) is 16.9. The first-order valence-electron chi connectivity index (χ1n) is 9.94. The van der Waals surface area contributed by atoms with Gasteiger partial charge in [-0.1, -0.05) is 63.2 Å². The Kier molecular flexibility index (Phi) is 5.99. The summed E-state index contributed by atoms with van der Waals surface area (Å²) in [5, 5.41) is 22.6. The number of ketones is 1. The zero-order valence-electron chi connectivity index (χ0n) is 16.9. The number of aliphatic imine (C=N–C) groups is 1. The van der Waals surface area contributed by atoms with Crippen LogP contribution in [0.1, 0.15) is 45.6 Å². The van der Waals surface area contributed by atoms with E-state index in [1.165, 1.54) is 0 Å². The summed E-state index contributed by atoms with van der Waals surface area (Å²) in [7, 11) is 0. The molecule has 0 unspecified atom stereocenters. The fourth-order valence-electron chi connectivity index (χ4n) is 3.92. The molecule has 1 aliphatic rings. The number of hydrogen-bond acceptors (Lipinski definition) is 4. The molecule has 148 valence electrons. The average molecular weight is 380 g/mol. The van der Waals surface area contributed by atoms with E-state index in [-0.39, 0.29) is 29.6 Å². The van der Waals surface area contributed by atoms with Crippen molar-refractivity contribution in [2.45, 2.75) is 52.5 Å². The van der Waals surface area contributed by atoms with E-state index in [0.29, 0.717) is 37.0 Å². The van der Waals surface area contributed by atoms with Gasteiger partial charge in [0.1, 0.15) is 5.76 Å². The van der Waals surface area contributed by atoms with Gasteiger partial charge < -0.3 is 10.2 Å². The predicted molar refractivity (Wildman–Crippen MR) is 114 cm³/mol. The highest BCUT2D eigenvalue weighted by molar-refractivity contribution is 6.24. The van der Waals surface area contributed by atoms with E-state index in [0.717, 1.165) is 16.3 Å². The van der Waals surface area contributed by atoms with Crippen LogP contribution < -0.4 is 0 Å². The predicted octanol–water partition coefficient (Wildman–Crippen LogP) is 4.80. The Bertz CT molecular complexity index is 931. The molecule has 4 heteroatoms. The standard InChI is InChI=1S/C24H29NO3/c1-4-18(15-26)25-20(23-21(27)13-24(2,3)14-22(23)28)12-17-10-7-9-16-8-5-6-11-19(16)17/h5-11,18,26-27H,4,12-15H2,1-3H3/t18-/m0/s1. The molecule has 2 N–H and O–H groups in total. The lowest BCUT2D eigenvalue weighted by atomic mass is 9.75. The van der Waals surface area contributed by atoms with Crippen molar-refractivity contribution in [3.05, 3.63) is 59.4 Å². The van der Waals surface area contributed by atoms with Crippen molar-refractivity contribution in [3.8, 4) is 0 Å². The van der Waals surface area contributed by atoms with Crippen LogP contribution in [0.25, 0.3) is 10.8 Å². The molecule has 0 radical (unpaired) electrons. The Hall–Kier alpha value is -2.46. The Morgan fingerprint density at radius 1 is 1.14 bits per heavy atom. The molecule has 28 heavy (non-hydrogen) atoms. The molecule has 0 fully saturated rings. The number of allylic oxidation sites excluding steroid dienone is 2. The molecule has 3 rings (SSSR count). The number of Topliss-reactive ketones (excluding diaryl/α,β-unsaturated/α-hetero) is 1. The van der Waals surface area contributed by atoms with E-state index in [1.807, 2.05) is 45.0 Å². The molecule has 0 saturated heterocycles. The third-order valence-electron chi connectivity index (χ3n) is 5.40. The van der Waals surface area contributed by atoms with Crippen LogP contribution in [0, 0.1) is 5.41 Å². The van der Waals surface area contributed by atoms with Crippen molar-refractivity contribution < 1.29 is 15.0 Å². The Labute approximate surface area is 166 Å². The lowest BCUT2D eigenvalue weighted by Gasteiger charge is -2.30. The molecule has 2 aromatic carbocycles. The molecule has 0 aromatic heterocycles. The summed E-state index contributed by atoms with van der Waals surface area (Å²) < 4.78 is 0. The number of carbonyl (C=O) groups is 1. The lowest BCUT2D eigenvalue weighted by Crippen LogP contribution is -2.31. The number of rotatable bonds is 6. The summed E-state index contributed by atoms with van der Waals surface area (Å²) in [6.07, 6.45) is 1.96. The first-order valence-corrected chi connectivity index (χ1v) is 9.94. The van der Waals surface area contributed by atoms with Gasteiger partial charge in [-0.2, -0.15) is 0 Å². The fourth-order valence-corrected chi connectivity index (χ4v) is 3.92. The summed E-state index contributed by atoms with van der Waals surface area (Å²) in [6, 6.07) is 13.9. The number of fused-ring (bicyclic) bond motifs is 1. The van der Waals surface area contributed by atoms with Crippen molar-refractivity contribution in [2.75, 3.05) is 6.61 Å². The average Bonchev–Trinajstić information content (AvgIpc) is 2.64. The minimum absolute atomic E-state index is 0.0690. The van der Waals surface area contributed by atoms with Gasteiger partial charge in [-0.3, -0.25) is 9.79 Å². The maximum Gasteiger partial charge on any atom is 0.168 e.